The first kappa shape index (κ1) is 16.3. The number of amides is 1. The van der Waals surface area contributed by atoms with E-state index in [1.54, 1.807) is 11.3 Å². The lowest BCUT2D eigenvalue weighted by molar-refractivity contribution is -0.142. The van der Waals surface area contributed by atoms with E-state index < -0.39 is 0 Å². The summed E-state index contributed by atoms with van der Waals surface area (Å²) >= 11 is 1.66. The van der Waals surface area contributed by atoms with Crippen LogP contribution in [0.3, 0.4) is 0 Å². The fourth-order valence-electron chi connectivity index (χ4n) is 5.74. The number of carbonyl (C=O) groups excluding carboxylic acids is 1. The van der Waals surface area contributed by atoms with Gasteiger partial charge in [-0.1, -0.05) is 6.08 Å². The molecule has 3 nitrogen and oxygen atoms in total. The summed E-state index contributed by atoms with van der Waals surface area (Å²) in [5.41, 5.74) is 1.11. The van der Waals surface area contributed by atoms with E-state index in [1.807, 2.05) is 6.08 Å². The molecule has 1 heterocycles. The van der Waals surface area contributed by atoms with E-state index in [1.165, 1.54) is 29.8 Å². The Morgan fingerprint density at radius 2 is 1.83 bits per heavy atom. The van der Waals surface area contributed by atoms with Gasteiger partial charge in [-0.05, 0) is 76.5 Å². The van der Waals surface area contributed by atoms with Gasteiger partial charge in [0, 0.05) is 17.1 Å². The molecule has 1 aromatic rings. The Kier molecular flexibility index (Phi) is 4.06. The molecule has 4 aliphatic rings. The van der Waals surface area contributed by atoms with Gasteiger partial charge in [0.2, 0.25) is 0 Å². The SMILES string of the molecule is C=CCCn1c(C)c(C)s/c1=N\C(=O)C12CC3CC(CC(C3)C1)C2. The summed E-state index contributed by atoms with van der Waals surface area (Å²) in [7, 11) is 0. The minimum Gasteiger partial charge on any atom is -0.320 e. The number of carbonyl (C=O) groups is 1. The van der Waals surface area contributed by atoms with Crippen LogP contribution in [0.5, 0.6) is 0 Å². The predicted molar refractivity (Wildman–Crippen MR) is 97.8 cm³/mol. The molecular weight excluding hydrogens is 316 g/mol. The molecule has 0 atom stereocenters. The smallest absolute Gasteiger partial charge is 0.254 e. The summed E-state index contributed by atoms with van der Waals surface area (Å²) in [6, 6.07) is 0. The molecule has 4 aliphatic carbocycles. The fourth-order valence-corrected chi connectivity index (χ4v) is 6.74. The summed E-state index contributed by atoms with van der Waals surface area (Å²) in [6.07, 6.45) is 10.2. The normalized spacial score (nSPS) is 34.8. The second-order valence-electron chi connectivity index (χ2n) is 8.37. The van der Waals surface area contributed by atoms with E-state index in [9.17, 15) is 4.79 Å². The number of hydrogen-bond donors (Lipinski definition) is 0. The van der Waals surface area contributed by atoms with E-state index in [0.29, 0.717) is 0 Å². The highest BCUT2D eigenvalue weighted by Crippen LogP contribution is 2.60. The lowest BCUT2D eigenvalue weighted by Crippen LogP contribution is -2.50. The molecule has 4 fully saturated rings. The molecule has 0 N–H and O–H groups in total. The molecule has 1 amide bonds. The first-order valence-corrected chi connectivity index (χ1v) is 10.2. The molecule has 130 valence electrons. The minimum absolute atomic E-state index is 0.128. The number of rotatable bonds is 4. The number of nitrogens with zero attached hydrogens (tertiary/aromatic N) is 2. The molecule has 0 spiro atoms. The zero-order valence-corrected chi connectivity index (χ0v) is 15.7. The van der Waals surface area contributed by atoms with Gasteiger partial charge in [0.1, 0.15) is 0 Å². The van der Waals surface area contributed by atoms with Gasteiger partial charge in [-0.2, -0.15) is 4.99 Å². The first-order chi connectivity index (χ1) is 11.5. The van der Waals surface area contributed by atoms with E-state index in [2.05, 4.69) is 25.0 Å². The Morgan fingerprint density at radius 1 is 1.25 bits per heavy atom. The van der Waals surface area contributed by atoms with Gasteiger partial charge in [-0.25, -0.2) is 0 Å². The van der Waals surface area contributed by atoms with Crippen molar-refractivity contribution in [1.82, 2.24) is 4.57 Å². The summed E-state index contributed by atoms with van der Waals surface area (Å²) in [5.74, 6) is 2.54. The third kappa shape index (κ3) is 2.63. The average molecular weight is 345 g/mol. The van der Waals surface area contributed by atoms with Crippen molar-refractivity contribution in [3.8, 4) is 0 Å². The van der Waals surface area contributed by atoms with E-state index in [4.69, 9.17) is 4.99 Å². The van der Waals surface area contributed by atoms with Crippen LogP contribution in [0, 0.1) is 37.0 Å². The van der Waals surface area contributed by atoms with Gasteiger partial charge < -0.3 is 4.57 Å². The summed E-state index contributed by atoms with van der Waals surface area (Å²) < 4.78 is 2.21. The summed E-state index contributed by atoms with van der Waals surface area (Å²) in [5, 5.41) is 0. The van der Waals surface area contributed by atoms with Crippen molar-refractivity contribution < 1.29 is 4.79 Å². The van der Waals surface area contributed by atoms with Crippen LogP contribution < -0.4 is 4.80 Å². The third-order valence-corrected chi connectivity index (χ3v) is 7.73. The molecule has 4 bridgehead atoms. The minimum atomic E-state index is -0.128. The van der Waals surface area contributed by atoms with Gasteiger partial charge in [0.05, 0.1) is 5.41 Å². The number of aryl methyl sites for hydroxylation is 1. The predicted octanol–water partition coefficient (Wildman–Crippen LogP) is 4.39. The Labute approximate surface area is 148 Å². The first-order valence-electron chi connectivity index (χ1n) is 9.37. The van der Waals surface area contributed by atoms with Crippen LogP contribution in [0.1, 0.15) is 55.5 Å². The van der Waals surface area contributed by atoms with Crippen LogP contribution >= 0.6 is 11.3 Å². The van der Waals surface area contributed by atoms with Gasteiger partial charge in [0.15, 0.2) is 4.80 Å². The number of hydrogen-bond acceptors (Lipinski definition) is 2. The summed E-state index contributed by atoms with van der Waals surface area (Å²) in [4.78, 5) is 20.1. The zero-order chi connectivity index (χ0) is 16.9. The summed E-state index contributed by atoms with van der Waals surface area (Å²) in [6.45, 7) is 8.94. The van der Waals surface area contributed by atoms with Crippen molar-refractivity contribution in [1.29, 1.82) is 0 Å². The van der Waals surface area contributed by atoms with Crippen molar-refractivity contribution >= 4 is 17.2 Å². The Bertz CT molecular complexity index is 704. The third-order valence-electron chi connectivity index (χ3n) is 6.64. The molecule has 0 radical (unpaired) electrons. The maximum atomic E-state index is 13.2. The van der Waals surface area contributed by atoms with Crippen LogP contribution in [0.25, 0.3) is 0 Å². The fraction of sp³-hybridized carbons (Fsp3) is 0.700. The lowest BCUT2D eigenvalue weighted by atomic mass is 9.49. The average Bonchev–Trinajstić information content (AvgIpc) is 2.78. The molecule has 5 rings (SSSR count). The van der Waals surface area contributed by atoms with Crippen molar-refractivity contribution in [3.05, 3.63) is 28.0 Å². The van der Waals surface area contributed by atoms with Crippen molar-refractivity contribution in [2.75, 3.05) is 0 Å². The molecular formula is C20H28N2OS. The molecule has 0 aliphatic heterocycles. The maximum Gasteiger partial charge on any atom is 0.254 e. The second kappa shape index (κ2) is 5.98. The zero-order valence-electron chi connectivity index (χ0n) is 14.9. The van der Waals surface area contributed by atoms with Gasteiger partial charge in [0.25, 0.3) is 5.91 Å². The second-order valence-corrected chi connectivity index (χ2v) is 9.55. The lowest BCUT2D eigenvalue weighted by Gasteiger charge is -2.55. The molecule has 0 unspecified atom stereocenters. The van der Waals surface area contributed by atoms with Crippen LogP contribution in [0.15, 0.2) is 17.6 Å². The highest BCUT2D eigenvalue weighted by molar-refractivity contribution is 7.09. The molecule has 4 heteroatoms. The molecule has 24 heavy (non-hydrogen) atoms. The molecule has 4 saturated carbocycles. The molecule has 1 aromatic heterocycles. The Morgan fingerprint density at radius 3 is 2.38 bits per heavy atom. The number of allylic oxidation sites excluding steroid dienone is 1. The molecule has 0 aromatic carbocycles. The highest BCUT2D eigenvalue weighted by atomic mass is 32.1. The Hall–Kier alpha value is -1.16. The van der Waals surface area contributed by atoms with Gasteiger partial charge in [-0.3, -0.25) is 4.79 Å². The standard InChI is InChI=1S/C20H28N2OS/c1-4-5-6-22-13(2)14(3)24-19(22)21-18(23)20-10-15-7-16(11-20)9-17(8-15)12-20/h4,15-17H,1,5-12H2,2-3H3/b21-19-. The largest absolute Gasteiger partial charge is 0.320 e. The number of aromatic nitrogens is 1. The maximum absolute atomic E-state index is 13.2. The van der Waals surface area contributed by atoms with Gasteiger partial charge >= 0.3 is 0 Å². The van der Waals surface area contributed by atoms with Gasteiger partial charge in [-0.15, -0.1) is 17.9 Å². The van der Waals surface area contributed by atoms with Crippen LogP contribution in [-0.2, 0) is 11.3 Å². The highest BCUT2D eigenvalue weighted by Gasteiger charge is 2.54. The monoisotopic (exact) mass is 344 g/mol. The van der Waals surface area contributed by atoms with Crippen molar-refractivity contribution in [2.45, 2.75) is 65.3 Å². The topological polar surface area (TPSA) is 34.4 Å². The van der Waals surface area contributed by atoms with Crippen LogP contribution in [0.4, 0.5) is 0 Å². The van der Waals surface area contributed by atoms with E-state index >= 15 is 0 Å². The van der Waals surface area contributed by atoms with Crippen LogP contribution in [0.2, 0.25) is 0 Å². The molecule has 0 saturated heterocycles. The van der Waals surface area contributed by atoms with E-state index in [0.717, 1.165) is 54.8 Å². The Balaban J connectivity index is 1.67. The van der Waals surface area contributed by atoms with Crippen molar-refractivity contribution in [3.63, 3.8) is 0 Å². The van der Waals surface area contributed by atoms with E-state index in [-0.39, 0.29) is 11.3 Å². The van der Waals surface area contributed by atoms with Crippen LogP contribution in [-0.4, -0.2) is 10.5 Å². The number of thiazole rings is 1. The quantitative estimate of drug-likeness (QED) is 0.746. The van der Waals surface area contributed by atoms with Crippen molar-refractivity contribution in [2.24, 2.45) is 28.2 Å².